The van der Waals surface area contributed by atoms with Crippen molar-refractivity contribution in [2.24, 2.45) is 0 Å². The van der Waals surface area contributed by atoms with E-state index in [-0.39, 0.29) is 22.6 Å². The van der Waals surface area contributed by atoms with E-state index in [1.807, 2.05) is 6.92 Å². The van der Waals surface area contributed by atoms with Gasteiger partial charge in [-0.15, -0.1) is 0 Å². The predicted molar refractivity (Wildman–Crippen MR) is 71.7 cm³/mol. The minimum Gasteiger partial charge on any atom is -0.313 e. The van der Waals surface area contributed by atoms with Crippen LogP contribution >= 0.6 is 0 Å². The highest BCUT2D eigenvalue weighted by Gasteiger charge is 2.25. The minimum absolute atomic E-state index is 0.0307. The fraction of sp³-hybridized carbons (Fsp3) is 0.615. The molecule has 2 atom stereocenters. The standard InChI is InChI=1S/C13H21N3O2/c1-4-8-14-11(5-2)10(3)13-12(16(17)18)7-6-9-15-13/h6-7,9-11,14H,4-5,8H2,1-3H3. The Hall–Kier alpha value is -1.49. The first kappa shape index (κ1) is 14.6. The van der Waals surface area contributed by atoms with E-state index in [0.717, 1.165) is 19.4 Å². The van der Waals surface area contributed by atoms with Gasteiger partial charge in [-0.05, 0) is 25.5 Å². The molecule has 0 aliphatic heterocycles. The lowest BCUT2D eigenvalue weighted by atomic mass is 9.94. The molecule has 0 radical (unpaired) electrons. The maximum atomic E-state index is 11.0. The summed E-state index contributed by atoms with van der Waals surface area (Å²) in [6.45, 7) is 7.10. The summed E-state index contributed by atoms with van der Waals surface area (Å²) in [6.07, 6.45) is 3.59. The molecule has 1 N–H and O–H groups in total. The summed E-state index contributed by atoms with van der Waals surface area (Å²) in [5.74, 6) is 0.0307. The first-order chi connectivity index (χ1) is 8.61. The highest BCUT2D eigenvalue weighted by molar-refractivity contribution is 5.37. The fourth-order valence-corrected chi connectivity index (χ4v) is 2.11. The van der Waals surface area contributed by atoms with Crippen LogP contribution in [0.5, 0.6) is 0 Å². The first-order valence-corrected chi connectivity index (χ1v) is 6.44. The minimum atomic E-state index is -0.356. The molecule has 1 rings (SSSR count). The Bertz CT molecular complexity index is 396. The third-order valence-corrected chi connectivity index (χ3v) is 3.14. The number of nitro groups is 1. The van der Waals surface area contributed by atoms with Crippen molar-refractivity contribution in [2.75, 3.05) is 6.54 Å². The maximum Gasteiger partial charge on any atom is 0.291 e. The van der Waals surface area contributed by atoms with Gasteiger partial charge in [0.2, 0.25) is 0 Å². The van der Waals surface area contributed by atoms with E-state index >= 15 is 0 Å². The molecule has 1 heterocycles. The molecular formula is C13H21N3O2. The molecule has 0 spiro atoms. The molecule has 2 unspecified atom stereocenters. The van der Waals surface area contributed by atoms with Crippen molar-refractivity contribution in [3.05, 3.63) is 34.1 Å². The smallest absolute Gasteiger partial charge is 0.291 e. The molecule has 100 valence electrons. The Morgan fingerprint density at radius 2 is 2.22 bits per heavy atom. The molecule has 0 aliphatic carbocycles. The van der Waals surface area contributed by atoms with Crippen molar-refractivity contribution < 1.29 is 4.92 Å². The molecule has 0 saturated carbocycles. The zero-order valence-electron chi connectivity index (χ0n) is 11.2. The van der Waals surface area contributed by atoms with E-state index in [9.17, 15) is 10.1 Å². The predicted octanol–water partition coefficient (Wildman–Crippen LogP) is 2.87. The summed E-state index contributed by atoms with van der Waals surface area (Å²) in [4.78, 5) is 14.8. The van der Waals surface area contributed by atoms with Gasteiger partial charge in [0, 0.05) is 24.2 Å². The van der Waals surface area contributed by atoms with Crippen molar-refractivity contribution in [1.82, 2.24) is 10.3 Å². The Morgan fingerprint density at radius 3 is 2.78 bits per heavy atom. The average Bonchev–Trinajstić information content (AvgIpc) is 2.39. The molecule has 0 aliphatic rings. The number of hydrogen-bond donors (Lipinski definition) is 1. The van der Waals surface area contributed by atoms with Crippen LogP contribution in [0.4, 0.5) is 5.69 Å². The molecule has 5 nitrogen and oxygen atoms in total. The lowest BCUT2D eigenvalue weighted by Crippen LogP contribution is -2.34. The van der Waals surface area contributed by atoms with Crippen LogP contribution in [0.15, 0.2) is 18.3 Å². The lowest BCUT2D eigenvalue weighted by molar-refractivity contribution is -0.386. The summed E-state index contributed by atoms with van der Waals surface area (Å²) >= 11 is 0. The van der Waals surface area contributed by atoms with E-state index < -0.39 is 0 Å². The highest BCUT2D eigenvalue weighted by atomic mass is 16.6. The molecule has 0 amide bonds. The molecule has 5 heteroatoms. The Labute approximate surface area is 108 Å². The molecule has 0 bridgehead atoms. The van der Waals surface area contributed by atoms with Gasteiger partial charge in [-0.25, -0.2) is 0 Å². The van der Waals surface area contributed by atoms with Crippen LogP contribution in [0.25, 0.3) is 0 Å². The number of nitrogens with zero attached hydrogens (tertiary/aromatic N) is 2. The third kappa shape index (κ3) is 3.50. The van der Waals surface area contributed by atoms with Gasteiger partial charge in [0.05, 0.1) is 4.92 Å². The largest absolute Gasteiger partial charge is 0.313 e. The quantitative estimate of drug-likeness (QED) is 0.597. The Morgan fingerprint density at radius 1 is 1.50 bits per heavy atom. The molecule has 0 aromatic carbocycles. The second-order valence-corrected chi connectivity index (χ2v) is 4.42. The summed E-state index contributed by atoms with van der Waals surface area (Å²) in [7, 11) is 0. The topological polar surface area (TPSA) is 68.1 Å². The van der Waals surface area contributed by atoms with Crippen LogP contribution in [0, 0.1) is 10.1 Å². The zero-order valence-corrected chi connectivity index (χ0v) is 11.2. The van der Waals surface area contributed by atoms with Crippen LogP contribution in [-0.2, 0) is 0 Å². The molecule has 1 aromatic rings. The van der Waals surface area contributed by atoms with Crippen molar-refractivity contribution in [2.45, 2.75) is 45.6 Å². The summed E-state index contributed by atoms with van der Waals surface area (Å²) in [5, 5.41) is 14.4. The van der Waals surface area contributed by atoms with E-state index in [1.165, 1.54) is 6.07 Å². The van der Waals surface area contributed by atoms with Crippen molar-refractivity contribution in [1.29, 1.82) is 0 Å². The Kier molecular flexibility index (Phi) is 5.71. The van der Waals surface area contributed by atoms with Gasteiger partial charge < -0.3 is 5.32 Å². The average molecular weight is 251 g/mol. The number of hydrogen-bond acceptors (Lipinski definition) is 4. The van der Waals surface area contributed by atoms with Crippen LogP contribution in [-0.4, -0.2) is 22.5 Å². The zero-order chi connectivity index (χ0) is 13.5. The fourth-order valence-electron chi connectivity index (χ4n) is 2.11. The van der Waals surface area contributed by atoms with Gasteiger partial charge in [-0.1, -0.05) is 20.8 Å². The molecule has 18 heavy (non-hydrogen) atoms. The van der Waals surface area contributed by atoms with Gasteiger partial charge in [-0.2, -0.15) is 0 Å². The summed E-state index contributed by atoms with van der Waals surface area (Å²) < 4.78 is 0. The SMILES string of the molecule is CCCNC(CC)C(C)c1ncccc1[N+](=O)[O-]. The van der Waals surface area contributed by atoms with Crippen LogP contribution in [0.2, 0.25) is 0 Å². The van der Waals surface area contributed by atoms with E-state index in [1.54, 1.807) is 12.3 Å². The van der Waals surface area contributed by atoms with Gasteiger partial charge in [0.25, 0.3) is 5.69 Å². The van der Waals surface area contributed by atoms with Crippen molar-refractivity contribution >= 4 is 5.69 Å². The van der Waals surface area contributed by atoms with E-state index in [0.29, 0.717) is 5.69 Å². The summed E-state index contributed by atoms with van der Waals surface area (Å²) in [6, 6.07) is 3.35. The van der Waals surface area contributed by atoms with Crippen molar-refractivity contribution in [3.8, 4) is 0 Å². The van der Waals surface area contributed by atoms with Crippen LogP contribution in [0.1, 0.15) is 45.2 Å². The maximum absolute atomic E-state index is 11.0. The lowest BCUT2D eigenvalue weighted by Gasteiger charge is -2.23. The monoisotopic (exact) mass is 251 g/mol. The van der Waals surface area contributed by atoms with Crippen LogP contribution in [0.3, 0.4) is 0 Å². The van der Waals surface area contributed by atoms with Gasteiger partial charge in [0.1, 0.15) is 5.69 Å². The van der Waals surface area contributed by atoms with Gasteiger partial charge in [0.15, 0.2) is 0 Å². The number of aromatic nitrogens is 1. The number of rotatable bonds is 7. The molecular weight excluding hydrogens is 230 g/mol. The van der Waals surface area contributed by atoms with E-state index in [4.69, 9.17) is 0 Å². The molecule has 0 fully saturated rings. The van der Waals surface area contributed by atoms with Gasteiger partial charge >= 0.3 is 0 Å². The number of nitrogens with one attached hydrogen (secondary N) is 1. The third-order valence-electron chi connectivity index (χ3n) is 3.14. The van der Waals surface area contributed by atoms with Crippen LogP contribution < -0.4 is 5.32 Å². The molecule has 1 aromatic heterocycles. The first-order valence-electron chi connectivity index (χ1n) is 6.44. The second kappa shape index (κ2) is 7.06. The highest BCUT2D eigenvalue weighted by Crippen LogP contribution is 2.27. The van der Waals surface area contributed by atoms with Gasteiger partial charge in [-0.3, -0.25) is 15.1 Å². The van der Waals surface area contributed by atoms with E-state index in [2.05, 4.69) is 24.1 Å². The Balaban J connectivity index is 2.93. The molecule has 0 saturated heterocycles. The summed E-state index contributed by atoms with van der Waals surface area (Å²) in [5.41, 5.74) is 0.680. The normalized spacial score (nSPS) is 14.2. The second-order valence-electron chi connectivity index (χ2n) is 4.42. The van der Waals surface area contributed by atoms with Crippen molar-refractivity contribution in [3.63, 3.8) is 0 Å². The number of pyridine rings is 1.